The summed E-state index contributed by atoms with van der Waals surface area (Å²) < 4.78 is 0. The van der Waals surface area contributed by atoms with Crippen LogP contribution in [0.25, 0.3) is 22.5 Å². The lowest BCUT2D eigenvalue weighted by Crippen LogP contribution is -1.98. The highest BCUT2D eigenvalue weighted by Crippen LogP contribution is 2.30. The van der Waals surface area contributed by atoms with Gasteiger partial charge in [0.15, 0.2) is 0 Å². The number of phenols is 1. The molecule has 0 aliphatic heterocycles. The van der Waals surface area contributed by atoms with Crippen molar-refractivity contribution in [1.82, 2.24) is 9.97 Å². The maximum atomic E-state index is 9.94. The zero-order chi connectivity index (χ0) is 14.8. The van der Waals surface area contributed by atoms with Gasteiger partial charge < -0.3 is 10.8 Å². The predicted molar refractivity (Wildman–Crippen MR) is 84.0 cm³/mol. The Morgan fingerprint density at radius 1 is 0.905 bits per heavy atom. The van der Waals surface area contributed by atoms with Crippen LogP contribution in [0.1, 0.15) is 0 Å². The van der Waals surface area contributed by atoms with Crippen molar-refractivity contribution in [1.29, 1.82) is 0 Å². The summed E-state index contributed by atoms with van der Waals surface area (Å²) >= 11 is 6.00. The Morgan fingerprint density at radius 2 is 1.67 bits per heavy atom. The zero-order valence-corrected chi connectivity index (χ0v) is 11.7. The molecule has 0 aliphatic rings. The number of halogens is 1. The first-order valence-electron chi connectivity index (χ1n) is 6.32. The smallest absolute Gasteiger partial charge is 0.221 e. The SMILES string of the molecule is Nc1nc(-c2cccc(Cl)c2)cc(-c2ccccc2O)n1. The second-order valence-electron chi connectivity index (χ2n) is 4.52. The van der Waals surface area contributed by atoms with Crippen LogP contribution in [0.2, 0.25) is 5.02 Å². The molecule has 3 N–H and O–H groups in total. The number of para-hydroxylation sites is 1. The maximum absolute atomic E-state index is 9.94. The highest BCUT2D eigenvalue weighted by molar-refractivity contribution is 6.30. The summed E-state index contributed by atoms with van der Waals surface area (Å²) in [6, 6.07) is 16.1. The quantitative estimate of drug-likeness (QED) is 0.755. The van der Waals surface area contributed by atoms with Gasteiger partial charge in [0.2, 0.25) is 5.95 Å². The van der Waals surface area contributed by atoms with Crippen LogP contribution in [0, 0.1) is 0 Å². The standard InChI is InChI=1S/C16H12ClN3O/c17-11-5-3-4-10(8-11)13-9-14(20-16(18)19-13)12-6-1-2-7-15(12)21/h1-9,21H,(H2,18,19,20). The van der Waals surface area contributed by atoms with Gasteiger partial charge in [-0.25, -0.2) is 9.97 Å². The third-order valence-corrected chi connectivity index (χ3v) is 3.28. The molecule has 0 saturated carbocycles. The normalized spacial score (nSPS) is 10.5. The number of aromatic hydroxyl groups is 1. The average molecular weight is 298 g/mol. The van der Waals surface area contributed by atoms with Crippen LogP contribution in [-0.2, 0) is 0 Å². The summed E-state index contributed by atoms with van der Waals surface area (Å²) in [6.45, 7) is 0. The van der Waals surface area contributed by atoms with E-state index in [0.29, 0.717) is 22.0 Å². The molecule has 104 valence electrons. The minimum absolute atomic E-state index is 0.144. The molecule has 0 fully saturated rings. The molecule has 2 aromatic carbocycles. The summed E-state index contributed by atoms with van der Waals surface area (Å²) in [4.78, 5) is 8.41. The number of hydrogen-bond donors (Lipinski definition) is 2. The van der Waals surface area contributed by atoms with Gasteiger partial charge in [0, 0.05) is 16.1 Å². The van der Waals surface area contributed by atoms with E-state index < -0.39 is 0 Å². The lowest BCUT2D eigenvalue weighted by atomic mass is 10.1. The lowest BCUT2D eigenvalue weighted by molar-refractivity contribution is 0.477. The maximum Gasteiger partial charge on any atom is 0.221 e. The van der Waals surface area contributed by atoms with Crippen LogP contribution < -0.4 is 5.73 Å². The third-order valence-electron chi connectivity index (χ3n) is 3.04. The van der Waals surface area contributed by atoms with Crippen molar-refractivity contribution in [3.05, 3.63) is 59.6 Å². The van der Waals surface area contributed by atoms with Crippen LogP contribution in [-0.4, -0.2) is 15.1 Å². The highest BCUT2D eigenvalue weighted by Gasteiger charge is 2.10. The second-order valence-corrected chi connectivity index (χ2v) is 4.96. The lowest BCUT2D eigenvalue weighted by Gasteiger charge is -2.08. The van der Waals surface area contributed by atoms with Crippen molar-refractivity contribution in [3.63, 3.8) is 0 Å². The molecular formula is C16H12ClN3O. The van der Waals surface area contributed by atoms with E-state index in [0.717, 1.165) is 5.56 Å². The molecule has 5 heteroatoms. The second kappa shape index (κ2) is 5.42. The van der Waals surface area contributed by atoms with Crippen molar-refractivity contribution in [2.45, 2.75) is 0 Å². The number of aromatic nitrogens is 2. The summed E-state index contributed by atoms with van der Waals surface area (Å²) in [5.41, 5.74) is 8.45. The monoisotopic (exact) mass is 297 g/mol. The number of phenolic OH excluding ortho intramolecular Hbond substituents is 1. The van der Waals surface area contributed by atoms with E-state index >= 15 is 0 Å². The van der Waals surface area contributed by atoms with Crippen LogP contribution >= 0.6 is 11.6 Å². The van der Waals surface area contributed by atoms with Gasteiger partial charge in [0.25, 0.3) is 0 Å². The van der Waals surface area contributed by atoms with Crippen molar-refractivity contribution in [2.24, 2.45) is 0 Å². The first-order chi connectivity index (χ1) is 10.1. The van der Waals surface area contributed by atoms with Gasteiger partial charge >= 0.3 is 0 Å². The van der Waals surface area contributed by atoms with Gasteiger partial charge in [-0.1, -0.05) is 35.9 Å². The number of hydrogen-bond acceptors (Lipinski definition) is 4. The summed E-state index contributed by atoms with van der Waals surface area (Å²) in [6.07, 6.45) is 0. The Balaban J connectivity index is 2.15. The molecule has 0 amide bonds. The Labute approximate surface area is 126 Å². The number of nitrogens with zero attached hydrogens (tertiary/aromatic N) is 2. The molecule has 0 aliphatic carbocycles. The van der Waals surface area contributed by atoms with E-state index in [2.05, 4.69) is 9.97 Å². The molecule has 0 spiro atoms. The third kappa shape index (κ3) is 2.80. The first kappa shape index (κ1) is 13.4. The molecule has 3 aromatic rings. The van der Waals surface area contributed by atoms with Crippen molar-refractivity contribution in [3.8, 4) is 28.3 Å². The minimum atomic E-state index is 0.144. The Bertz CT molecular complexity index is 805. The van der Waals surface area contributed by atoms with E-state index in [1.165, 1.54) is 0 Å². The Kier molecular flexibility index (Phi) is 3.46. The van der Waals surface area contributed by atoms with Gasteiger partial charge in [-0.15, -0.1) is 0 Å². The number of rotatable bonds is 2. The molecule has 1 aromatic heterocycles. The summed E-state index contributed by atoms with van der Waals surface area (Å²) in [5.74, 6) is 0.290. The number of nitrogens with two attached hydrogens (primary N) is 1. The van der Waals surface area contributed by atoms with Crippen LogP contribution in [0.4, 0.5) is 5.95 Å². The van der Waals surface area contributed by atoms with Crippen molar-refractivity contribution >= 4 is 17.5 Å². The largest absolute Gasteiger partial charge is 0.507 e. The molecule has 0 unspecified atom stereocenters. The molecule has 0 bridgehead atoms. The predicted octanol–water partition coefficient (Wildman–Crippen LogP) is 3.75. The van der Waals surface area contributed by atoms with Crippen LogP contribution in [0.3, 0.4) is 0 Å². The van der Waals surface area contributed by atoms with Gasteiger partial charge in [-0.05, 0) is 30.3 Å². The topological polar surface area (TPSA) is 72.0 Å². The van der Waals surface area contributed by atoms with E-state index in [9.17, 15) is 5.11 Å². The molecule has 0 atom stereocenters. The van der Waals surface area contributed by atoms with Gasteiger partial charge in [0.1, 0.15) is 5.75 Å². The number of benzene rings is 2. The Hall–Kier alpha value is -2.59. The van der Waals surface area contributed by atoms with Crippen molar-refractivity contribution in [2.75, 3.05) is 5.73 Å². The van der Waals surface area contributed by atoms with Crippen LogP contribution in [0.5, 0.6) is 5.75 Å². The fourth-order valence-electron chi connectivity index (χ4n) is 2.09. The van der Waals surface area contributed by atoms with Gasteiger partial charge in [0.05, 0.1) is 11.4 Å². The molecule has 1 heterocycles. The summed E-state index contributed by atoms with van der Waals surface area (Å²) in [5, 5.41) is 10.6. The molecular weight excluding hydrogens is 286 g/mol. The van der Waals surface area contributed by atoms with Gasteiger partial charge in [-0.2, -0.15) is 0 Å². The average Bonchev–Trinajstić information content (AvgIpc) is 2.47. The highest BCUT2D eigenvalue weighted by atomic mass is 35.5. The first-order valence-corrected chi connectivity index (χ1v) is 6.70. The van der Waals surface area contributed by atoms with E-state index in [1.807, 2.05) is 18.2 Å². The van der Waals surface area contributed by atoms with E-state index in [4.69, 9.17) is 17.3 Å². The zero-order valence-electron chi connectivity index (χ0n) is 11.0. The minimum Gasteiger partial charge on any atom is -0.507 e. The van der Waals surface area contributed by atoms with E-state index in [-0.39, 0.29) is 11.7 Å². The fourth-order valence-corrected chi connectivity index (χ4v) is 2.28. The molecule has 0 radical (unpaired) electrons. The molecule has 0 saturated heterocycles. The van der Waals surface area contributed by atoms with Crippen molar-refractivity contribution < 1.29 is 5.11 Å². The van der Waals surface area contributed by atoms with Crippen LogP contribution in [0.15, 0.2) is 54.6 Å². The molecule has 4 nitrogen and oxygen atoms in total. The Morgan fingerprint density at radius 3 is 2.43 bits per heavy atom. The van der Waals surface area contributed by atoms with Gasteiger partial charge in [-0.3, -0.25) is 0 Å². The number of nitrogen functional groups attached to an aromatic ring is 1. The van der Waals surface area contributed by atoms with E-state index in [1.54, 1.807) is 36.4 Å². The molecule has 21 heavy (non-hydrogen) atoms. The fraction of sp³-hybridized carbons (Fsp3) is 0. The summed E-state index contributed by atoms with van der Waals surface area (Å²) in [7, 11) is 0. The molecule has 3 rings (SSSR count). The number of anilines is 1.